The molecular weight excluding hydrogens is 899 g/mol. The van der Waals surface area contributed by atoms with E-state index in [1.807, 2.05) is 12.1 Å². The Morgan fingerprint density at radius 2 is 0.743 bits per heavy atom. The maximum Gasteiger partial charge on any atom is 0.143 e. The van der Waals surface area contributed by atoms with Crippen molar-refractivity contribution in [1.82, 2.24) is 0 Å². The third-order valence-electron chi connectivity index (χ3n) is 15.5. The van der Waals surface area contributed by atoms with Crippen molar-refractivity contribution in [2.45, 2.75) is 5.41 Å². The first kappa shape index (κ1) is 42.0. The molecule has 12 aromatic carbocycles. The van der Waals surface area contributed by atoms with Gasteiger partial charge in [0.2, 0.25) is 0 Å². The van der Waals surface area contributed by atoms with Gasteiger partial charge in [0.1, 0.15) is 22.3 Å². The van der Waals surface area contributed by atoms with Crippen LogP contribution >= 0.6 is 0 Å². The van der Waals surface area contributed by atoms with Gasteiger partial charge in [-0.2, -0.15) is 0 Å². The summed E-state index contributed by atoms with van der Waals surface area (Å²) in [6.07, 6.45) is 0. The number of furan rings is 2. The molecule has 0 saturated heterocycles. The average molecular weight is 944 g/mol. The Morgan fingerprint density at radius 1 is 0.270 bits per heavy atom. The number of fused-ring (bicyclic) bond motifs is 10. The smallest absolute Gasteiger partial charge is 0.143 e. The highest BCUT2D eigenvalue weighted by atomic mass is 16.3. The molecule has 3 nitrogen and oxygen atoms in total. The highest BCUT2D eigenvalue weighted by Gasteiger charge is 2.46. The van der Waals surface area contributed by atoms with Gasteiger partial charge in [0.15, 0.2) is 0 Å². The second-order valence-electron chi connectivity index (χ2n) is 19.5. The van der Waals surface area contributed by atoms with Crippen molar-refractivity contribution in [3.05, 3.63) is 295 Å². The van der Waals surface area contributed by atoms with E-state index in [1.165, 1.54) is 44.2 Å². The summed E-state index contributed by atoms with van der Waals surface area (Å²) in [5.41, 5.74) is 20.1. The van der Waals surface area contributed by atoms with Crippen LogP contribution in [0.1, 0.15) is 22.3 Å². The molecule has 0 spiro atoms. The maximum absolute atomic E-state index is 6.68. The van der Waals surface area contributed by atoms with Gasteiger partial charge in [-0.3, -0.25) is 0 Å². The highest BCUT2D eigenvalue weighted by molar-refractivity contribution is 6.12. The number of anilines is 3. The minimum Gasteiger partial charge on any atom is -0.455 e. The van der Waals surface area contributed by atoms with Crippen LogP contribution in [-0.4, -0.2) is 0 Å². The Kier molecular flexibility index (Phi) is 9.48. The number of benzene rings is 12. The molecule has 14 aromatic rings. The van der Waals surface area contributed by atoms with Crippen LogP contribution in [0, 0.1) is 0 Å². The van der Waals surface area contributed by atoms with E-state index < -0.39 is 5.41 Å². The Hall–Kier alpha value is -9.70. The summed E-state index contributed by atoms with van der Waals surface area (Å²) in [6.45, 7) is 0. The number of hydrogen-bond acceptors (Lipinski definition) is 3. The summed E-state index contributed by atoms with van der Waals surface area (Å²) in [7, 11) is 0. The van der Waals surface area contributed by atoms with Crippen molar-refractivity contribution in [2.24, 2.45) is 0 Å². The highest BCUT2D eigenvalue weighted by Crippen LogP contribution is 2.57. The SMILES string of the molecule is c1ccc(C2(c3ccccc3)c3ccccc3-c3ccc(N(c4ccc(-c5cc(-c6cccc7c6oc6ccccc67)cc(-c6cccc7c6oc6ccccc67)c5)cc4)c4ccc5ccccc5c4)cc32)cc1. The molecule has 3 heteroatoms. The number of hydrogen-bond donors (Lipinski definition) is 0. The molecule has 0 aliphatic heterocycles. The van der Waals surface area contributed by atoms with Crippen LogP contribution in [0.15, 0.2) is 282 Å². The monoisotopic (exact) mass is 943 g/mol. The molecule has 2 heterocycles. The zero-order valence-electron chi connectivity index (χ0n) is 40.2. The van der Waals surface area contributed by atoms with Crippen LogP contribution in [-0.2, 0) is 5.41 Å². The standard InChI is InChI=1S/C71H45NO2/c1-3-19-52(20-4-1)71(53-21-5-2-6-22-53)65-30-12-9-23-59(65)60-40-39-56(45-66(60)71)72(55-38-35-46-17-7-8-18-48(46)44-55)54-36-33-47(34-37-54)49-41-50(57-26-15-28-63-61-24-10-13-31-67(61)73-69(57)63)43-51(42-49)58-27-16-29-64-62-25-11-14-32-68(62)74-70(58)64/h1-45H. The Bertz CT molecular complexity index is 4320. The Balaban J connectivity index is 0.920. The largest absolute Gasteiger partial charge is 0.455 e. The third-order valence-corrected chi connectivity index (χ3v) is 15.5. The van der Waals surface area contributed by atoms with Crippen LogP contribution in [0.5, 0.6) is 0 Å². The molecule has 0 bridgehead atoms. The molecule has 0 fully saturated rings. The normalized spacial score (nSPS) is 12.7. The van der Waals surface area contributed by atoms with Crippen LogP contribution in [0.25, 0.3) is 99.2 Å². The summed E-state index contributed by atoms with van der Waals surface area (Å²) in [5, 5.41) is 6.81. The molecule has 0 saturated carbocycles. The maximum atomic E-state index is 6.68. The first-order chi connectivity index (χ1) is 36.7. The lowest BCUT2D eigenvalue weighted by atomic mass is 9.67. The minimum atomic E-state index is -0.536. The van der Waals surface area contributed by atoms with E-state index in [4.69, 9.17) is 8.83 Å². The molecule has 0 unspecified atom stereocenters. The average Bonchev–Trinajstić information content (AvgIpc) is 4.20. The van der Waals surface area contributed by atoms with Crippen molar-refractivity contribution in [3.8, 4) is 44.5 Å². The third kappa shape index (κ3) is 6.46. The molecule has 15 rings (SSSR count). The van der Waals surface area contributed by atoms with Crippen molar-refractivity contribution >= 4 is 71.7 Å². The van der Waals surface area contributed by atoms with Crippen molar-refractivity contribution < 1.29 is 8.83 Å². The van der Waals surface area contributed by atoms with E-state index in [1.54, 1.807) is 0 Å². The summed E-state index contributed by atoms with van der Waals surface area (Å²) in [5.74, 6) is 0. The quantitative estimate of drug-likeness (QED) is 0.152. The van der Waals surface area contributed by atoms with Crippen LogP contribution in [0.4, 0.5) is 17.1 Å². The van der Waals surface area contributed by atoms with Gasteiger partial charge in [-0.25, -0.2) is 0 Å². The second-order valence-corrected chi connectivity index (χ2v) is 19.5. The van der Waals surface area contributed by atoms with E-state index in [-0.39, 0.29) is 0 Å². The molecule has 346 valence electrons. The van der Waals surface area contributed by atoms with Crippen LogP contribution in [0.2, 0.25) is 0 Å². The van der Waals surface area contributed by atoms with Gasteiger partial charge in [-0.1, -0.05) is 206 Å². The lowest BCUT2D eigenvalue weighted by Crippen LogP contribution is -2.28. The Labute approximate surface area is 428 Å². The first-order valence-electron chi connectivity index (χ1n) is 25.4. The van der Waals surface area contributed by atoms with Crippen molar-refractivity contribution in [2.75, 3.05) is 4.90 Å². The molecule has 0 atom stereocenters. The Morgan fingerprint density at radius 3 is 1.39 bits per heavy atom. The molecule has 2 aromatic heterocycles. The molecule has 74 heavy (non-hydrogen) atoms. The lowest BCUT2D eigenvalue weighted by Gasteiger charge is -2.35. The fraction of sp³-hybridized carbons (Fsp3) is 0.0141. The van der Waals surface area contributed by atoms with E-state index in [0.717, 1.165) is 94.3 Å². The lowest BCUT2D eigenvalue weighted by molar-refractivity contribution is 0.670. The molecular formula is C71H45NO2. The summed E-state index contributed by atoms with van der Waals surface area (Å²) in [4.78, 5) is 2.42. The topological polar surface area (TPSA) is 29.5 Å². The van der Waals surface area contributed by atoms with Gasteiger partial charge < -0.3 is 13.7 Å². The summed E-state index contributed by atoms with van der Waals surface area (Å²) < 4.78 is 13.4. The van der Waals surface area contributed by atoms with Crippen LogP contribution < -0.4 is 4.90 Å². The fourth-order valence-electron chi connectivity index (χ4n) is 12.2. The molecule has 1 aliphatic rings. The van der Waals surface area contributed by atoms with Gasteiger partial charge in [0, 0.05) is 49.7 Å². The van der Waals surface area contributed by atoms with Gasteiger partial charge in [0.05, 0.1) is 5.41 Å². The minimum absolute atomic E-state index is 0.536. The molecule has 0 N–H and O–H groups in total. The zero-order chi connectivity index (χ0) is 48.7. The van der Waals surface area contributed by atoms with E-state index in [0.29, 0.717) is 0 Å². The molecule has 0 radical (unpaired) electrons. The molecule has 1 aliphatic carbocycles. The summed E-state index contributed by atoms with van der Waals surface area (Å²) >= 11 is 0. The number of rotatable bonds is 8. The van der Waals surface area contributed by atoms with Gasteiger partial charge in [-0.15, -0.1) is 0 Å². The predicted molar refractivity (Wildman–Crippen MR) is 307 cm³/mol. The summed E-state index contributed by atoms with van der Waals surface area (Å²) in [6, 6.07) is 99.2. The van der Waals surface area contributed by atoms with E-state index in [2.05, 4.69) is 266 Å². The van der Waals surface area contributed by atoms with Gasteiger partial charge >= 0.3 is 0 Å². The molecule has 0 amide bonds. The number of nitrogens with zero attached hydrogens (tertiary/aromatic N) is 1. The van der Waals surface area contributed by atoms with E-state index in [9.17, 15) is 0 Å². The van der Waals surface area contributed by atoms with Crippen molar-refractivity contribution in [3.63, 3.8) is 0 Å². The first-order valence-corrected chi connectivity index (χ1v) is 25.4. The second kappa shape index (κ2) is 16.7. The van der Waals surface area contributed by atoms with E-state index >= 15 is 0 Å². The van der Waals surface area contributed by atoms with Crippen LogP contribution in [0.3, 0.4) is 0 Å². The number of para-hydroxylation sites is 4. The predicted octanol–water partition coefficient (Wildman–Crippen LogP) is 19.5. The van der Waals surface area contributed by atoms with Gasteiger partial charge in [0.25, 0.3) is 0 Å². The fourth-order valence-corrected chi connectivity index (χ4v) is 12.2. The van der Waals surface area contributed by atoms with Crippen molar-refractivity contribution in [1.29, 1.82) is 0 Å². The van der Waals surface area contributed by atoms with Gasteiger partial charge in [-0.05, 0) is 133 Å². The zero-order valence-corrected chi connectivity index (χ0v) is 40.2.